The van der Waals surface area contributed by atoms with Crippen molar-refractivity contribution in [2.24, 2.45) is 17.4 Å². The van der Waals surface area contributed by atoms with Crippen LogP contribution >= 0.6 is 0 Å². The highest BCUT2D eigenvalue weighted by Crippen LogP contribution is 2.25. The molecule has 0 saturated carbocycles. The first-order chi connectivity index (χ1) is 11.2. The first-order valence-corrected chi connectivity index (χ1v) is 9.80. The van der Waals surface area contributed by atoms with E-state index in [4.69, 9.17) is 21.5 Å². The molecule has 11 heteroatoms. The molecule has 1 saturated heterocycles. The molecule has 1 aliphatic rings. The van der Waals surface area contributed by atoms with Gasteiger partial charge < -0.3 is 26.4 Å². The second-order valence-corrected chi connectivity index (χ2v) is 8.58. The highest BCUT2D eigenvalue weighted by molar-refractivity contribution is 7.86. The summed E-state index contributed by atoms with van der Waals surface area (Å²) in [5.74, 6) is 0.0344. The van der Waals surface area contributed by atoms with E-state index in [0.717, 1.165) is 0 Å². The van der Waals surface area contributed by atoms with Crippen molar-refractivity contribution in [2.45, 2.75) is 25.2 Å². The lowest BCUT2D eigenvalue weighted by Gasteiger charge is -2.28. The first-order valence-electron chi connectivity index (χ1n) is 8.40. The largest absolute Gasteiger partial charge is 0.451 e. The summed E-state index contributed by atoms with van der Waals surface area (Å²) in [6, 6.07) is -0.232. The third-order valence-electron chi connectivity index (χ3n) is 4.32. The van der Waals surface area contributed by atoms with Crippen LogP contribution in [0.3, 0.4) is 0 Å². The molecule has 0 spiro atoms. The van der Waals surface area contributed by atoms with Gasteiger partial charge in [-0.1, -0.05) is 6.42 Å². The molecule has 1 aliphatic heterocycles. The van der Waals surface area contributed by atoms with E-state index < -0.39 is 17.3 Å². The zero-order chi connectivity index (χ0) is 18.3. The summed E-state index contributed by atoms with van der Waals surface area (Å²) in [7, 11) is -1.12. The van der Waals surface area contributed by atoms with Gasteiger partial charge in [-0.05, 0) is 32.8 Å². The maximum atomic E-state index is 12.9. The van der Waals surface area contributed by atoms with Crippen LogP contribution in [-0.4, -0.2) is 98.5 Å². The topological polar surface area (TPSA) is 136 Å². The monoisotopic (exact) mass is 365 g/mol. The van der Waals surface area contributed by atoms with E-state index in [2.05, 4.69) is 0 Å². The Morgan fingerprint density at radius 2 is 1.88 bits per heavy atom. The molecule has 0 radical (unpaired) electrons. The van der Waals surface area contributed by atoms with Gasteiger partial charge in [0.05, 0.1) is 0 Å². The molecule has 0 aromatic rings. The van der Waals surface area contributed by atoms with Crippen molar-refractivity contribution in [2.75, 3.05) is 53.4 Å². The lowest BCUT2D eigenvalue weighted by molar-refractivity contribution is 0.314. The van der Waals surface area contributed by atoms with E-state index in [1.807, 2.05) is 19.0 Å². The quantitative estimate of drug-likeness (QED) is 0.299. The Balaban J connectivity index is 2.67. The summed E-state index contributed by atoms with van der Waals surface area (Å²) in [5.41, 5.74) is 11.7. The van der Waals surface area contributed by atoms with E-state index in [-0.39, 0.29) is 37.9 Å². The van der Waals surface area contributed by atoms with Crippen LogP contribution in [0.25, 0.3) is 0 Å². The molecule has 2 atom stereocenters. The van der Waals surface area contributed by atoms with Crippen LogP contribution < -0.4 is 11.5 Å². The zero-order valence-electron chi connectivity index (χ0n) is 14.7. The van der Waals surface area contributed by atoms with Crippen LogP contribution in [0.1, 0.15) is 12.8 Å². The average molecular weight is 365 g/mol. The molecule has 1 heterocycles. The molecule has 24 heavy (non-hydrogen) atoms. The Hall–Kier alpha value is -0.265. The Bertz CT molecular complexity index is 465. The smallest absolute Gasteiger partial charge is 0.427 e. The number of nitrogens with two attached hydrogens (primary N) is 2. The molecule has 0 aromatic carbocycles. The van der Waals surface area contributed by atoms with Gasteiger partial charge >= 0.3 is 7.12 Å². The van der Waals surface area contributed by atoms with Crippen molar-refractivity contribution >= 4 is 17.3 Å². The molecular weight excluding hydrogens is 333 g/mol. The predicted octanol–water partition coefficient (Wildman–Crippen LogP) is -2.43. The molecule has 0 aromatic heterocycles. The zero-order valence-corrected chi connectivity index (χ0v) is 15.5. The maximum absolute atomic E-state index is 12.9. The molecule has 1 fully saturated rings. The van der Waals surface area contributed by atoms with Gasteiger partial charge in [0, 0.05) is 45.3 Å². The van der Waals surface area contributed by atoms with Crippen LogP contribution in [0.5, 0.6) is 0 Å². The van der Waals surface area contributed by atoms with Gasteiger partial charge in [-0.3, -0.25) is 0 Å². The fourth-order valence-electron chi connectivity index (χ4n) is 2.87. The van der Waals surface area contributed by atoms with E-state index in [1.54, 1.807) is 0 Å². The van der Waals surface area contributed by atoms with E-state index in [9.17, 15) is 8.42 Å². The van der Waals surface area contributed by atoms with E-state index >= 15 is 0 Å². The Morgan fingerprint density at radius 3 is 2.42 bits per heavy atom. The number of rotatable bonds is 11. The summed E-state index contributed by atoms with van der Waals surface area (Å²) >= 11 is 0. The SMILES string of the molecule is CN(C)CCN(CCN)S(=O)(=O)N1C[C@H](CCCB(O)O)[C@@H](N)C1. The van der Waals surface area contributed by atoms with Gasteiger partial charge in [0.1, 0.15) is 0 Å². The fraction of sp³-hybridized carbons (Fsp3) is 1.00. The summed E-state index contributed by atoms with van der Waals surface area (Å²) < 4.78 is 28.6. The normalized spacial score (nSPS) is 22.7. The lowest BCUT2D eigenvalue weighted by Crippen LogP contribution is -2.47. The molecule has 142 valence electrons. The minimum atomic E-state index is -3.58. The van der Waals surface area contributed by atoms with E-state index in [1.165, 1.54) is 8.61 Å². The molecule has 0 unspecified atom stereocenters. The second-order valence-electron chi connectivity index (χ2n) is 6.65. The average Bonchev–Trinajstić information content (AvgIpc) is 2.85. The minimum Gasteiger partial charge on any atom is -0.427 e. The first kappa shape index (κ1) is 21.8. The van der Waals surface area contributed by atoms with Gasteiger partial charge in [0.2, 0.25) is 0 Å². The summed E-state index contributed by atoms with van der Waals surface area (Å²) in [6.07, 6.45) is 1.56. The lowest BCUT2D eigenvalue weighted by atomic mass is 9.82. The minimum absolute atomic E-state index is 0.0344. The van der Waals surface area contributed by atoms with Crippen molar-refractivity contribution in [3.05, 3.63) is 0 Å². The number of likely N-dealkylation sites (N-methyl/N-ethyl adjacent to an activating group) is 1. The van der Waals surface area contributed by atoms with Gasteiger partial charge in [-0.2, -0.15) is 17.0 Å². The molecule has 9 nitrogen and oxygen atoms in total. The van der Waals surface area contributed by atoms with Crippen molar-refractivity contribution in [3.8, 4) is 0 Å². The number of hydrogen-bond acceptors (Lipinski definition) is 7. The summed E-state index contributed by atoms with van der Waals surface area (Å²) in [5, 5.41) is 17.8. The number of hydrogen-bond donors (Lipinski definition) is 4. The third kappa shape index (κ3) is 6.56. The second kappa shape index (κ2) is 10.0. The van der Waals surface area contributed by atoms with Crippen molar-refractivity contribution in [1.82, 2.24) is 13.5 Å². The highest BCUT2D eigenvalue weighted by atomic mass is 32.2. The van der Waals surface area contributed by atoms with Gasteiger partial charge in [0.15, 0.2) is 0 Å². The van der Waals surface area contributed by atoms with Gasteiger partial charge in [-0.15, -0.1) is 0 Å². The Labute approximate surface area is 145 Å². The van der Waals surface area contributed by atoms with Crippen LogP contribution in [0.2, 0.25) is 6.32 Å². The van der Waals surface area contributed by atoms with Crippen LogP contribution in [-0.2, 0) is 10.2 Å². The van der Waals surface area contributed by atoms with Crippen LogP contribution in [0.4, 0.5) is 0 Å². The molecule has 0 amide bonds. The summed E-state index contributed by atoms with van der Waals surface area (Å²) in [4.78, 5) is 1.93. The maximum Gasteiger partial charge on any atom is 0.451 e. The third-order valence-corrected chi connectivity index (χ3v) is 6.29. The van der Waals surface area contributed by atoms with Crippen molar-refractivity contribution < 1.29 is 18.5 Å². The van der Waals surface area contributed by atoms with Gasteiger partial charge in [-0.25, -0.2) is 0 Å². The molecule has 0 bridgehead atoms. The Kier molecular flexibility index (Phi) is 9.09. The predicted molar refractivity (Wildman–Crippen MR) is 95.4 cm³/mol. The molecule has 6 N–H and O–H groups in total. The summed E-state index contributed by atoms with van der Waals surface area (Å²) in [6.45, 7) is 2.22. The van der Waals surface area contributed by atoms with Gasteiger partial charge in [0.25, 0.3) is 10.2 Å². The van der Waals surface area contributed by atoms with E-state index in [0.29, 0.717) is 32.5 Å². The fourth-order valence-corrected chi connectivity index (χ4v) is 4.59. The number of nitrogens with zero attached hydrogens (tertiary/aromatic N) is 3. The highest BCUT2D eigenvalue weighted by Gasteiger charge is 2.39. The van der Waals surface area contributed by atoms with Crippen molar-refractivity contribution in [3.63, 3.8) is 0 Å². The molecular formula is C13H32BN5O4S. The molecule has 0 aliphatic carbocycles. The standard InChI is InChI=1S/C13H32BN5O4S/c1-17(2)8-9-18(7-6-15)24(22,23)19-10-12(13(16)11-19)4-3-5-14(20)21/h12-13,20-21H,3-11,15-16H2,1-2H3/t12-,13-/m0/s1. The van der Waals surface area contributed by atoms with Crippen LogP contribution in [0.15, 0.2) is 0 Å². The molecule has 1 rings (SSSR count). The Morgan fingerprint density at radius 1 is 1.21 bits per heavy atom. The van der Waals surface area contributed by atoms with Crippen LogP contribution in [0, 0.1) is 5.92 Å². The van der Waals surface area contributed by atoms with Crippen molar-refractivity contribution in [1.29, 1.82) is 0 Å².